The van der Waals surface area contributed by atoms with Crippen LogP contribution in [0.5, 0.6) is 0 Å². The van der Waals surface area contributed by atoms with Crippen LogP contribution >= 0.6 is 0 Å². The molecule has 2 fully saturated rings. The SMILES string of the molecule is C=C(/C=C\C(=C/C)C1CC1)NCCN(CCC1CC1)C(=C)c1cnc(F)cc1C. The van der Waals surface area contributed by atoms with Crippen molar-refractivity contribution in [3.05, 3.63) is 72.0 Å². The van der Waals surface area contributed by atoms with Crippen LogP contribution < -0.4 is 5.32 Å². The molecule has 1 aromatic heterocycles. The normalized spacial score (nSPS) is 16.9. The van der Waals surface area contributed by atoms with Crippen LogP contribution in [0.15, 0.2) is 54.9 Å². The van der Waals surface area contributed by atoms with Crippen molar-refractivity contribution in [1.29, 1.82) is 0 Å². The molecule has 3 rings (SSSR count). The minimum absolute atomic E-state index is 0.444. The van der Waals surface area contributed by atoms with Crippen molar-refractivity contribution in [3.63, 3.8) is 0 Å². The fraction of sp³-hybridized carbons (Fsp3) is 0.480. The van der Waals surface area contributed by atoms with Gasteiger partial charge in [0.2, 0.25) is 5.95 Å². The van der Waals surface area contributed by atoms with E-state index in [-0.39, 0.29) is 0 Å². The van der Waals surface area contributed by atoms with Crippen molar-refractivity contribution in [3.8, 4) is 0 Å². The highest BCUT2D eigenvalue weighted by Gasteiger charge is 2.24. The van der Waals surface area contributed by atoms with Crippen LogP contribution in [0.2, 0.25) is 0 Å². The van der Waals surface area contributed by atoms with E-state index in [1.54, 1.807) is 6.20 Å². The molecule has 4 heteroatoms. The summed E-state index contributed by atoms with van der Waals surface area (Å²) in [6.07, 6.45) is 14.5. The molecule has 0 amide bonds. The minimum atomic E-state index is -0.444. The number of pyridine rings is 1. The third kappa shape index (κ3) is 6.59. The predicted molar refractivity (Wildman–Crippen MR) is 120 cm³/mol. The number of nitrogens with one attached hydrogen (secondary N) is 1. The second kappa shape index (κ2) is 9.91. The van der Waals surface area contributed by atoms with E-state index in [4.69, 9.17) is 0 Å². The van der Waals surface area contributed by atoms with Gasteiger partial charge in [-0.05, 0) is 68.2 Å². The Bertz CT molecular complexity index is 800. The quantitative estimate of drug-likeness (QED) is 0.368. The van der Waals surface area contributed by atoms with Gasteiger partial charge >= 0.3 is 0 Å². The van der Waals surface area contributed by atoms with Crippen molar-refractivity contribution in [1.82, 2.24) is 15.2 Å². The Morgan fingerprint density at radius 2 is 2.00 bits per heavy atom. The molecule has 1 heterocycles. The average Bonchev–Trinajstić information content (AvgIpc) is 3.59. The Morgan fingerprint density at radius 3 is 2.62 bits per heavy atom. The van der Waals surface area contributed by atoms with Crippen LogP contribution in [-0.4, -0.2) is 29.5 Å². The first-order valence-corrected chi connectivity index (χ1v) is 10.8. The summed E-state index contributed by atoms with van der Waals surface area (Å²) in [5, 5.41) is 3.42. The Morgan fingerprint density at radius 1 is 1.24 bits per heavy atom. The number of halogens is 1. The zero-order valence-corrected chi connectivity index (χ0v) is 17.9. The molecule has 2 saturated carbocycles. The maximum atomic E-state index is 13.4. The first kappa shape index (κ1) is 21.4. The predicted octanol–water partition coefficient (Wildman–Crippen LogP) is 5.62. The molecule has 0 aliphatic heterocycles. The van der Waals surface area contributed by atoms with Crippen LogP contribution in [0, 0.1) is 24.7 Å². The monoisotopic (exact) mass is 395 g/mol. The summed E-state index contributed by atoms with van der Waals surface area (Å²) < 4.78 is 13.4. The fourth-order valence-electron chi connectivity index (χ4n) is 3.61. The van der Waals surface area contributed by atoms with E-state index >= 15 is 0 Å². The number of allylic oxidation sites excluding steroid dienone is 4. The molecule has 0 atom stereocenters. The molecule has 156 valence electrons. The highest BCUT2D eigenvalue weighted by Crippen LogP contribution is 2.37. The van der Waals surface area contributed by atoms with Gasteiger partial charge in [-0.1, -0.05) is 38.2 Å². The van der Waals surface area contributed by atoms with Crippen LogP contribution in [0.3, 0.4) is 0 Å². The van der Waals surface area contributed by atoms with Gasteiger partial charge in [0.25, 0.3) is 0 Å². The Kier molecular flexibility index (Phi) is 7.29. The molecule has 1 N–H and O–H groups in total. The van der Waals surface area contributed by atoms with E-state index in [2.05, 4.69) is 53.5 Å². The summed E-state index contributed by atoms with van der Waals surface area (Å²) in [6, 6.07) is 1.48. The van der Waals surface area contributed by atoms with Crippen molar-refractivity contribution in [2.24, 2.45) is 11.8 Å². The van der Waals surface area contributed by atoms with Crippen LogP contribution in [0.1, 0.15) is 50.2 Å². The molecule has 3 nitrogen and oxygen atoms in total. The van der Waals surface area contributed by atoms with Crippen molar-refractivity contribution >= 4 is 5.70 Å². The van der Waals surface area contributed by atoms with Gasteiger partial charge in [-0.3, -0.25) is 0 Å². The van der Waals surface area contributed by atoms with E-state index in [1.165, 1.54) is 43.7 Å². The highest BCUT2D eigenvalue weighted by atomic mass is 19.1. The molecular weight excluding hydrogens is 361 g/mol. The Balaban J connectivity index is 1.54. The molecule has 29 heavy (non-hydrogen) atoms. The van der Waals surface area contributed by atoms with E-state index in [0.29, 0.717) is 0 Å². The lowest BCUT2D eigenvalue weighted by Crippen LogP contribution is -2.31. The van der Waals surface area contributed by atoms with Crippen molar-refractivity contribution in [2.75, 3.05) is 19.6 Å². The van der Waals surface area contributed by atoms with Gasteiger partial charge in [0.1, 0.15) is 0 Å². The van der Waals surface area contributed by atoms with Gasteiger partial charge in [0, 0.05) is 42.8 Å². The Labute approximate surface area is 175 Å². The largest absolute Gasteiger partial charge is 0.384 e. The summed E-state index contributed by atoms with van der Waals surface area (Å²) >= 11 is 0. The third-order valence-corrected chi connectivity index (χ3v) is 5.87. The zero-order chi connectivity index (χ0) is 20.8. The maximum Gasteiger partial charge on any atom is 0.213 e. The molecule has 2 aliphatic rings. The Hall–Kier alpha value is -2.36. The number of hydrogen-bond acceptors (Lipinski definition) is 3. The lowest BCUT2D eigenvalue weighted by Gasteiger charge is -2.28. The number of aryl methyl sites for hydroxylation is 1. The van der Waals surface area contributed by atoms with Crippen molar-refractivity contribution in [2.45, 2.75) is 46.0 Å². The van der Waals surface area contributed by atoms with E-state index in [1.807, 2.05) is 6.92 Å². The smallest absolute Gasteiger partial charge is 0.213 e. The third-order valence-electron chi connectivity index (χ3n) is 5.87. The van der Waals surface area contributed by atoms with Gasteiger partial charge in [-0.25, -0.2) is 4.98 Å². The van der Waals surface area contributed by atoms with E-state index in [9.17, 15) is 4.39 Å². The van der Waals surface area contributed by atoms with Crippen LogP contribution in [0.4, 0.5) is 4.39 Å². The molecule has 0 saturated heterocycles. The minimum Gasteiger partial charge on any atom is -0.384 e. The lowest BCUT2D eigenvalue weighted by atomic mass is 10.1. The summed E-state index contributed by atoms with van der Waals surface area (Å²) in [4.78, 5) is 6.13. The summed E-state index contributed by atoms with van der Waals surface area (Å²) in [6.45, 7) is 15.0. The standard InChI is InChI=1S/C25H34FN3/c1-5-22(23-10-11-23)9-6-19(3)27-13-15-29(14-12-21-7-8-21)20(4)24-17-28-25(26)16-18(24)2/h5-6,9,16-17,21,23,27H,3-4,7-8,10-15H2,1-2H3/b9-6-,22-5+. The average molecular weight is 396 g/mol. The first-order valence-electron chi connectivity index (χ1n) is 10.8. The molecule has 0 radical (unpaired) electrons. The zero-order valence-electron chi connectivity index (χ0n) is 17.9. The number of hydrogen-bond donors (Lipinski definition) is 1. The van der Waals surface area contributed by atoms with Gasteiger partial charge in [0.05, 0.1) is 0 Å². The second-order valence-electron chi connectivity index (χ2n) is 8.34. The highest BCUT2D eigenvalue weighted by molar-refractivity contribution is 5.64. The van der Waals surface area contributed by atoms with E-state index < -0.39 is 5.95 Å². The molecule has 0 aromatic carbocycles. The summed E-state index contributed by atoms with van der Waals surface area (Å²) in [5.74, 6) is 1.16. The topological polar surface area (TPSA) is 28.2 Å². The maximum absolute atomic E-state index is 13.4. The number of rotatable bonds is 12. The number of aromatic nitrogens is 1. The van der Waals surface area contributed by atoms with Gasteiger partial charge < -0.3 is 10.2 Å². The van der Waals surface area contributed by atoms with Crippen molar-refractivity contribution < 1.29 is 4.39 Å². The van der Waals surface area contributed by atoms with E-state index in [0.717, 1.165) is 54.0 Å². The second-order valence-corrected chi connectivity index (χ2v) is 8.34. The molecular formula is C25H34FN3. The molecule has 1 aromatic rings. The molecule has 0 unspecified atom stereocenters. The van der Waals surface area contributed by atoms with Crippen LogP contribution in [-0.2, 0) is 0 Å². The summed E-state index contributed by atoms with van der Waals surface area (Å²) in [5.41, 5.74) is 5.05. The number of nitrogens with zero attached hydrogens (tertiary/aromatic N) is 2. The first-order chi connectivity index (χ1) is 14.0. The van der Waals surface area contributed by atoms with Gasteiger partial charge in [0.15, 0.2) is 0 Å². The lowest BCUT2D eigenvalue weighted by molar-refractivity contribution is 0.380. The summed E-state index contributed by atoms with van der Waals surface area (Å²) in [7, 11) is 0. The molecule has 0 bridgehead atoms. The molecule has 0 spiro atoms. The van der Waals surface area contributed by atoms with Gasteiger partial charge in [-0.15, -0.1) is 0 Å². The molecule has 2 aliphatic carbocycles. The van der Waals surface area contributed by atoms with Gasteiger partial charge in [-0.2, -0.15) is 4.39 Å². The fourth-order valence-corrected chi connectivity index (χ4v) is 3.61. The van der Waals surface area contributed by atoms with Crippen LogP contribution in [0.25, 0.3) is 5.70 Å².